The molecule has 3 aliphatic rings. The first-order valence-electron chi connectivity index (χ1n) is 8.03. The van der Waals surface area contributed by atoms with Gasteiger partial charge in [-0.1, -0.05) is 31.4 Å². The summed E-state index contributed by atoms with van der Waals surface area (Å²) in [5, 5.41) is 8.72. The molecule has 7 nitrogen and oxygen atoms in total. The number of hydrogen-bond donors (Lipinski definition) is 2. The number of carboxylic acids is 1. The highest BCUT2D eigenvalue weighted by Crippen LogP contribution is 2.48. The number of hydrogen-bond acceptors (Lipinski definition) is 5. The fraction of sp³-hybridized carbons (Fsp3) is 0.733. The summed E-state index contributed by atoms with van der Waals surface area (Å²) in [5.41, 5.74) is 2.01. The zero-order valence-corrected chi connectivity index (χ0v) is 13.5. The maximum Gasteiger partial charge on any atom is 0.307 e. The largest absolute Gasteiger partial charge is 0.481 e. The Kier molecular flexibility index (Phi) is 4.46. The second-order valence-corrected chi connectivity index (χ2v) is 8.46. The van der Waals surface area contributed by atoms with Crippen LogP contribution in [0.2, 0.25) is 0 Å². The minimum absolute atomic E-state index is 0.164. The molecule has 23 heavy (non-hydrogen) atoms. The van der Waals surface area contributed by atoms with Crippen LogP contribution in [0.4, 0.5) is 0 Å². The lowest BCUT2D eigenvalue weighted by atomic mass is 9.82. The SMILES string of the molecule is O=C(O)C1C2C=CC(C2)C1C(=O)NOS(=O)(=O)C1CCCCC1. The van der Waals surface area contributed by atoms with E-state index in [1.165, 1.54) is 0 Å². The van der Waals surface area contributed by atoms with Gasteiger partial charge in [-0.3, -0.25) is 9.59 Å². The summed E-state index contributed by atoms with van der Waals surface area (Å²) in [7, 11) is -3.86. The molecule has 3 aliphatic carbocycles. The summed E-state index contributed by atoms with van der Waals surface area (Å²) in [6.45, 7) is 0. The lowest BCUT2D eigenvalue weighted by Gasteiger charge is -2.24. The molecule has 0 spiro atoms. The highest BCUT2D eigenvalue weighted by Gasteiger charge is 2.52. The molecule has 8 heteroatoms. The molecule has 2 bridgehead atoms. The molecule has 2 N–H and O–H groups in total. The Morgan fingerprint density at radius 3 is 2.26 bits per heavy atom. The molecular weight excluding hydrogens is 322 g/mol. The van der Waals surface area contributed by atoms with Gasteiger partial charge < -0.3 is 5.11 Å². The van der Waals surface area contributed by atoms with E-state index in [0.29, 0.717) is 19.3 Å². The molecule has 0 saturated heterocycles. The second kappa shape index (κ2) is 6.24. The average Bonchev–Trinajstić information content (AvgIpc) is 3.14. The number of amides is 1. The molecule has 0 heterocycles. The Balaban J connectivity index is 1.63. The molecule has 0 aromatic rings. The number of carbonyl (C=O) groups excluding carboxylic acids is 1. The van der Waals surface area contributed by atoms with Gasteiger partial charge in [0.15, 0.2) is 0 Å². The molecule has 0 aliphatic heterocycles. The highest BCUT2D eigenvalue weighted by molar-refractivity contribution is 7.87. The van der Waals surface area contributed by atoms with Crippen molar-refractivity contribution in [2.75, 3.05) is 0 Å². The van der Waals surface area contributed by atoms with Gasteiger partial charge in [0.2, 0.25) is 5.91 Å². The van der Waals surface area contributed by atoms with Crippen molar-refractivity contribution in [2.24, 2.45) is 23.7 Å². The minimum atomic E-state index is -3.86. The number of rotatable bonds is 5. The molecule has 0 aromatic heterocycles. The monoisotopic (exact) mass is 343 g/mol. The molecule has 4 unspecified atom stereocenters. The van der Waals surface area contributed by atoms with E-state index in [2.05, 4.69) is 0 Å². The van der Waals surface area contributed by atoms with Crippen LogP contribution in [-0.4, -0.2) is 30.7 Å². The Bertz CT molecular complexity index is 622. The molecule has 4 atom stereocenters. The maximum absolute atomic E-state index is 12.3. The van der Waals surface area contributed by atoms with Crippen LogP contribution in [0.5, 0.6) is 0 Å². The van der Waals surface area contributed by atoms with Crippen LogP contribution in [0, 0.1) is 23.7 Å². The summed E-state index contributed by atoms with van der Waals surface area (Å²) in [4.78, 5) is 23.7. The van der Waals surface area contributed by atoms with E-state index in [-0.39, 0.29) is 11.8 Å². The zero-order valence-electron chi connectivity index (χ0n) is 12.7. The van der Waals surface area contributed by atoms with E-state index >= 15 is 0 Å². The van der Waals surface area contributed by atoms with Gasteiger partial charge in [-0.2, -0.15) is 8.42 Å². The molecule has 2 saturated carbocycles. The Morgan fingerprint density at radius 2 is 1.65 bits per heavy atom. The Morgan fingerprint density at radius 1 is 1.04 bits per heavy atom. The lowest BCUT2D eigenvalue weighted by Crippen LogP contribution is -2.42. The third-order valence-electron chi connectivity index (χ3n) is 5.27. The first-order valence-corrected chi connectivity index (χ1v) is 9.50. The normalized spacial score (nSPS) is 33.7. The molecule has 3 rings (SSSR count). The average molecular weight is 343 g/mol. The third kappa shape index (κ3) is 3.14. The van der Waals surface area contributed by atoms with Crippen molar-refractivity contribution in [3.05, 3.63) is 12.2 Å². The summed E-state index contributed by atoms with van der Waals surface area (Å²) in [6, 6.07) is 0. The predicted molar refractivity (Wildman–Crippen MR) is 80.4 cm³/mol. The van der Waals surface area contributed by atoms with Gasteiger partial charge in [-0.25, -0.2) is 5.48 Å². The van der Waals surface area contributed by atoms with Crippen LogP contribution in [0.25, 0.3) is 0 Å². The fourth-order valence-corrected chi connectivity index (χ4v) is 5.35. The van der Waals surface area contributed by atoms with Crippen molar-refractivity contribution >= 4 is 22.0 Å². The molecule has 0 aromatic carbocycles. The van der Waals surface area contributed by atoms with Gasteiger partial charge in [-0.15, -0.1) is 4.28 Å². The standard InChI is InChI=1S/C15H21NO6S/c17-14(12-9-6-7-10(8-9)13(12)15(18)19)16-22-23(20,21)11-4-2-1-3-5-11/h6-7,9-13H,1-5,8H2,(H,16,17)(H,18,19). The second-order valence-electron chi connectivity index (χ2n) is 6.64. The van der Waals surface area contributed by atoms with Crippen molar-refractivity contribution in [3.8, 4) is 0 Å². The van der Waals surface area contributed by atoms with E-state index in [1.54, 1.807) is 0 Å². The number of aliphatic carboxylic acids is 1. The van der Waals surface area contributed by atoms with Crippen molar-refractivity contribution in [3.63, 3.8) is 0 Å². The van der Waals surface area contributed by atoms with Crippen LogP contribution in [-0.2, 0) is 24.0 Å². The number of carbonyl (C=O) groups is 2. The Labute approximate surface area is 135 Å². The maximum atomic E-state index is 12.3. The molecular formula is C15H21NO6S. The van der Waals surface area contributed by atoms with Crippen LogP contribution < -0.4 is 5.48 Å². The van der Waals surface area contributed by atoms with Crippen molar-refractivity contribution in [1.29, 1.82) is 0 Å². The smallest absolute Gasteiger partial charge is 0.307 e. The summed E-state index contributed by atoms with van der Waals surface area (Å²) in [6.07, 6.45) is 8.02. The third-order valence-corrected chi connectivity index (χ3v) is 6.87. The highest BCUT2D eigenvalue weighted by atomic mass is 32.2. The number of allylic oxidation sites excluding steroid dienone is 2. The van der Waals surface area contributed by atoms with Gasteiger partial charge in [0.1, 0.15) is 0 Å². The number of fused-ring (bicyclic) bond motifs is 2. The van der Waals surface area contributed by atoms with Crippen molar-refractivity contribution < 1.29 is 27.4 Å². The first kappa shape index (κ1) is 16.4. The quantitative estimate of drug-likeness (QED) is 0.574. The van der Waals surface area contributed by atoms with Gasteiger partial charge in [0.25, 0.3) is 10.1 Å². The molecule has 128 valence electrons. The van der Waals surface area contributed by atoms with Crippen LogP contribution in [0.15, 0.2) is 12.2 Å². The zero-order chi connectivity index (χ0) is 16.6. The van der Waals surface area contributed by atoms with E-state index < -0.39 is 39.1 Å². The lowest BCUT2D eigenvalue weighted by molar-refractivity contribution is -0.149. The minimum Gasteiger partial charge on any atom is -0.481 e. The van der Waals surface area contributed by atoms with E-state index in [1.807, 2.05) is 17.6 Å². The van der Waals surface area contributed by atoms with E-state index in [9.17, 15) is 23.1 Å². The van der Waals surface area contributed by atoms with Crippen LogP contribution in [0.3, 0.4) is 0 Å². The first-order chi connectivity index (χ1) is 10.9. The van der Waals surface area contributed by atoms with Gasteiger partial charge in [0.05, 0.1) is 17.1 Å². The molecule has 2 fully saturated rings. The van der Waals surface area contributed by atoms with Gasteiger partial charge in [0, 0.05) is 0 Å². The van der Waals surface area contributed by atoms with Crippen LogP contribution in [0.1, 0.15) is 38.5 Å². The van der Waals surface area contributed by atoms with Crippen molar-refractivity contribution in [1.82, 2.24) is 5.48 Å². The number of carboxylic acid groups (broad SMARTS) is 1. The number of nitrogens with one attached hydrogen (secondary N) is 1. The molecule has 1 amide bonds. The molecule has 0 radical (unpaired) electrons. The van der Waals surface area contributed by atoms with E-state index in [0.717, 1.165) is 19.3 Å². The van der Waals surface area contributed by atoms with Gasteiger partial charge >= 0.3 is 5.97 Å². The topological polar surface area (TPSA) is 110 Å². The van der Waals surface area contributed by atoms with E-state index in [4.69, 9.17) is 4.28 Å². The Hall–Kier alpha value is -1.41. The summed E-state index contributed by atoms with van der Waals surface area (Å²) < 4.78 is 29.0. The van der Waals surface area contributed by atoms with Crippen molar-refractivity contribution in [2.45, 2.75) is 43.8 Å². The predicted octanol–water partition coefficient (Wildman–Crippen LogP) is 1.22. The fourth-order valence-electron chi connectivity index (χ4n) is 4.11. The number of hydroxylamine groups is 1. The summed E-state index contributed by atoms with van der Waals surface area (Å²) in [5.74, 6) is -3.61. The van der Waals surface area contributed by atoms with Gasteiger partial charge in [-0.05, 0) is 31.1 Å². The van der Waals surface area contributed by atoms with Crippen LogP contribution >= 0.6 is 0 Å². The summed E-state index contributed by atoms with van der Waals surface area (Å²) >= 11 is 0.